The molecule has 1 aromatic heterocycles. The molecular weight excluding hydrogens is 287 g/mol. The Morgan fingerprint density at radius 2 is 1.88 bits per heavy atom. The normalized spacial score (nSPS) is 12.0. The van der Waals surface area contributed by atoms with E-state index in [1.165, 1.54) is 18.2 Å². The third kappa shape index (κ3) is 1.95. The van der Waals surface area contributed by atoms with Crippen molar-refractivity contribution in [3.63, 3.8) is 0 Å². The monoisotopic (exact) mass is 291 g/mol. The van der Waals surface area contributed by atoms with Crippen molar-refractivity contribution in [2.75, 3.05) is 5.73 Å². The first kappa shape index (κ1) is 11.1. The molecule has 0 fully saturated rings. The lowest BCUT2D eigenvalue weighted by molar-refractivity contribution is -0.139. The molecule has 0 aliphatic rings. The van der Waals surface area contributed by atoms with Gasteiger partial charge in [-0.1, -0.05) is 15.9 Å². The number of nitrogen functional groups attached to an aromatic ring is 1. The number of hydrogen-bond donors (Lipinski definition) is 1. The lowest BCUT2D eigenvalue weighted by Crippen LogP contribution is -2.11. The molecule has 0 bridgehead atoms. The van der Waals surface area contributed by atoms with Crippen LogP contribution >= 0.6 is 15.9 Å². The highest BCUT2D eigenvalue weighted by Crippen LogP contribution is 2.33. The zero-order chi connectivity index (χ0) is 11.9. The van der Waals surface area contributed by atoms with Crippen molar-refractivity contribution in [3.8, 4) is 0 Å². The standard InChI is InChI=1S/C9H5BrF3N3/c10-4-1-2-5-6(3-4)15-8(14)16-7(5)9(11,12)13/h1-3H,(H2,14,15,16). The third-order valence-electron chi connectivity index (χ3n) is 1.94. The highest BCUT2D eigenvalue weighted by Gasteiger charge is 2.35. The lowest BCUT2D eigenvalue weighted by atomic mass is 10.2. The number of aromatic nitrogens is 2. The Hall–Kier alpha value is -1.37. The Balaban J connectivity index is 2.83. The molecule has 0 saturated heterocycles. The van der Waals surface area contributed by atoms with Crippen LogP contribution in [0.2, 0.25) is 0 Å². The van der Waals surface area contributed by atoms with Crippen molar-refractivity contribution in [1.29, 1.82) is 0 Å². The summed E-state index contributed by atoms with van der Waals surface area (Å²) in [5.41, 5.74) is 4.38. The highest BCUT2D eigenvalue weighted by atomic mass is 79.9. The summed E-state index contributed by atoms with van der Waals surface area (Å²) in [6, 6.07) is 4.27. The van der Waals surface area contributed by atoms with Crippen LogP contribution in [0.5, 0.6) is 0 Å². The molecule has 1 heterocycles. The number of anilines is 1. The third-order valence-corrected chi connectivity index (χ3v) is 2.44. The van der Waals surface area contributed by atoms with Gasteiger partial charge >= 0.3 is 6.18 Å². The van der Waals surface area contributed by atoms with Gasteiger partial charge in [0.05, 0.1) is 5.52 Å². The summed E-state index contributed by atoms with van der Waals surface area (Å²) in [6.45, 7) is 0. The largest absolute Gasteiger partial charge is 0.434 e. The molecule has 0 unspecified atom stereocenters. The Morgan fingerprint density at radius 3 is 2.50 bits per heavy atom. The first-order valence-corrected chi connectivity index (χ1v) is 4.97. The molecule has 2 aromatic rings. The first-order chi connectivity index (χ1) is 7.38. The van der Waals surface area contributed by atoms with Gasteiger partial charge in [-0.05, 0) is 18.2 Å². The molecule has 1 aromatic carbocycles. The van der Waals surface area contributed by atoms with E-state index in [4.69, 9.17) is 5.73 Å². The summed E-state index contributed by atoms with van der Waals surface area (Å²) >= 11 is 3.15. The number of hydrogen-bond acceptors (Lipinski definition) is 3. The van der Waals surface area contributed by atoms with E-state index in [0.29, 0.717) is 4.47 Å². The molecule has 0 aliphatic heterocycles. The summed E-state index contributed by atoms with van der Waals surface area (Å²) in [5.74, 6) is -0.391. The van der Waals surface area contributed by atoms with Crippen LogP contribution in [0, 0.1) is 0 Å². The van der Waals surface area contributed by atoms with Crippen molar-refractivity contribution < 1.29 is 13.2 Å². The van der Waals surface area contributed by atoms with Gasteiger partial charge < -0.3 is 5.73 Å². The van der Waals surface area contributed by atoms with Crippen molar-refractivity contribution in [2.24, 2.45) is 0 Å². The van der Waals surface area contributed by atoms with Gasteiger partial charge in [0.1, 0.15) is 0 Å². The van der Waals surface area contributed by atoms with E-state index in [1.54, 1.807) is 0 Å². The number of halogens is 4. The maximum absolute atomic E-state index is 12.6. The summed E-state index contributed by atoms with van der Waals surface area (Å²) < 4.78 is 38.6. The molecule has 0 saturated carbocycles. The summed E-state index contributed by atoms with van der Waals surface area (Å²) in [7, 11) is 0. The van der Waals surface area contributed by atoms with Crippen molar-refractivity contribution in [3.05, 3.63) is 28.4 Å². The molecule has 0 radical (unpaired) electrons. The van der Waals surface area contributed by atoms with Crippen LogP contribution in [0.15, 0.2) is 22.7 Å². The molecule has 2 N–H and O–H groups in total. The number of alkyl halides is 3. The van der Waals surface area contributed by atoms with E-state index in [0.717, 1.165) is 0 Å². The molecular formula is C9H5BrF3N3. The molecule has 84 valence electrons. The second kappa shape index (κ2) is 3.58. The fourth-order valence-corrected chi connectivity index (χ4v) is 1.69. The zero-order valence-electron chi connectivity index (χ0n) is 7.72. The van der Waals surface area contributed by atoms with Gasteiger partial charge in [-0.25, -0.2) is 9.97 Å². The van der Waals surface area contributed by atoms with Gasteiger partial charge in [0.25, 0.3) is 0 Å². The fraction of sp³-hybridized carbons (Fsp3) is 0.111. The predicted molar refractivity (Wildman–Crippen MR) is 56.7 cm³/mol. The van der Waals surface area contributed by atoms with E-state index in [2.05, 4.69) is 25.9 Å². The minimum absolute atomic E-state index is 0.0649. The van der Waals surface area contributed by atoms with Crippen molar-refractivity contribution >= 4 is 32.8 Å². The van der Waals surface area contributed by atoms with Gasteiger partial charge in [-0.15, -0.1) is 0 Å². The average Bonchev–Trinajstić information content (AvgIpc) is 2.14. The van der Waals surface area contributed by atoms with E-state index in [-0.39, 0.29) is 10.9 Å². The number of nitrogens with two attached hydrogens (primary N) is 1. The predicted octanol–water partition coefficient (Wildman–Crippen LogP) is 2.99. The van der Waals surface area contributed by atoms with Gasteiger partial charge in [0.2, 0.25) is 5.95 Å². The van der Waals surface area contributed by atoms with Crippen LogP contribution < -0.4 is 5.73 Å². The molecule has 0 spiro atoms. The van der Waals surface area contributed by atoms with Crippen LogP contribution in [-0.4, -0.2) is 9.97 Å². The van der Waals surface area contributed by atoms with E-state index in [9.17, 15) is 13.2 Å². The maximum atomic E-state index is 12.6. The number of nitrogens with zero attached hydrogens (tertiary/aromatic N) is 2. The Labute approximate surface area is 96.6 Å². The Kier molecular flexibility index (Phi) is 2.49. The van der Waals surface area contributed by atoms with Crippen molar-refractivity contribution in [2.45, 2.75) is 6.18 Å². The smallest absolute Gasteiger partial charge is 0.368 e. The maximum Gasteiger partial charge on any atom is 0.434 e. The minimum atomic E-state index is -4.54. The molecule has 3 nitrogen and oxygen atoms in total. The molecule has 0 amide bonds. The van der Waals surface area contributed by atoms with Crippen LogP contribution in [0.1, 0.15) is 5.69 Å². The van der Waals surface area contributed by atoms with Crippen LogP contribution in [0.3, 0.4) is 0 Å². The number of fused-ring (bicyclic) bond motifs is 1. The van der Waals surface area contributed by atoms with E-state index >= 15 is 0 Å². The fourth-order valence-electron chi connectivity index (χ4n) is 1.34. The van der Waals surface area contributed by atoms with Gasteiger partial charge in [-0.2, -0.15) is 13.2 Å². The summed E-state index contributed by atoms with van der Waals surface area (Å²) in [4.78, 5) is 6.98. The van der Waals surface area contributed by atoms with Crippen LogP contribution in [0.25, 0.3) is 10.9 Å². The Bertz CT molecular complexity index is 548. The second-order valence-corrected chi connectivity index (χ2v) is 4.01. The quantitative estimate of drug-likeness (QED) is 0.812. The summed E-state index contributed by atoms with van der Waals surface area (Å²) in [6.07, 6.45) is -4.54. The molecule has 0 aliphatic carbocycles. The molecule has 7 heteroatoms. The SMILES string of the molecule is Nc1nc(C(F)(F)F)c2ccc(Br)cc2n1. The Morgan fingerprint density at radius 1 is 1.19 bits per heavy atom. The van der Waals surface area contributed by atoms with E-state index in [1.807, 2.05) is 0 Å². The lowest BCUT2D eigenvalue weighted by Gasteiger charge is -2.09. The molecule has 0 atom stereocenters. The van der Waals surface area contributed by atoms with Crippen LogP contribution in [-0.2, 0) is 6.18 Å². The highest BCUT2D eigenvalue weighted by molar-refractivity contribution is 9.10. The van der Waals surface area contributed by atoms with Gasteiger partial charge in [0, 0.05) is 9.86 Å². The molecule has 2 rings (SSSR count). The van der Waals surface area contributed by atoms with Crippen molar-refractivity contribution in [1.82, 2.24) is 9.97 Å². The zero-order valence-corrected chi connectivity index (χ0v) is 9.30. The number of rotatable bonds is 0. The van der Waals surface area contributed by atoms with Gasteiger partial charge in [0.15, 0.2) is 5.69 Å². The second-order valence-electron chi connectivity index (χ2n) is 3.09. The van der Waals surface area contributed by atoms with Crippen LogP contribution in [0.4, 0.5) is 19.1 Å². The van der Waals surface area contributed by atoms with E-state index < -0.39 is 17.8 Å². The summed E-state index contributed by atoms with van der Waals surface area (Å²) in [5, 5.41) is -0.0649. The first-order valence-electron chi connectivity index (χ1n) is 4.18. The number of benzene rings is 1. The molecule has 16 heavy (non-hydrogen) atoms. The average molecular weight is 292 g/mol. The minimum Gasteiger partial charge on any atom is -0.368 e. The van der Waals surface area contributed by atoms with Gasteiger partial charge in [-0.3, -0.25) is 0 Å². The topological polar surface area (TPSA) is 51.8 Å².